The number of esters is 1. The van der Waals surface area contributed by atoms with Crippen molar-refractivity contribution in [3.63, 3.8) is 0 Å². The van der Waals surface area contributed by atoms with Crippen molar-refractivity contribution in [2.75, 3.05) is 13.7 Å². The number of methoxy groups -OCH3 is 1. The van der Waals surface area contributed by atoms with Crippen molar-refractivity contribution in [2.24, 2.45) is 0 Å². The fourth-order valence-electron chi connectivity index (χ4n) is 0.493. The Balaban J connectivity index is 3.64. The smallest absolute Gasteiger partial charge is 0.399 e. The van der Waals surface area contributed by atoms with Gasteiger partial charge >= 0.3 is 12.1 Å². The summed E-state index contributed by atoms with van der Waals surface area (Å²) in [6.45, 7) is 1.42. The molecule has 0 aromatic rings. The van der Waals surface area contributed by atoms with Gasteiger partial charge in [-0.3, -0.25) is 4.79 Å². The summed E-state index contributed by atoms with van der Waals surface area (Å²) in [5.41, 5.74) is 0. The van der Waals surface area contributed by atoms with Crippen molar-refractivity contribution in [3.05, 3.63) is 0 Å². The van der Waals surface area contributed by atoms with Gasteiger partial charge in [-0.1, -0.05) is 0 Å². The first-order valence-corrected chi connectivity index (χ1v) is 3.60. The van der Waals surface area contributed by atoms with E-state index in [1.807, 2.05) is 0 Å². The molecule has 0 fully saturated rings. The van der Waals surface area contributed by atoms with Gasteiger partial charge in [0.25, 0.3) is 0 Å². The summed E-state index contributed by atoms with van der Waals surface area (Å²) in [6.07, 6.45) is -6.45. The molecule has 3 nitrogen and oxygen atoms in total. The molecule has 0 saturated heterocycles. The van der Waals surface area contributed by atoms with Crippen molar-refractivity contribution >= 4 is 5.97 Å². The summed E-state index contributed by atoms with van der Waals surface area (Å²) in [7, 11) is 1.38. The lowest BCUT2D eigenvalue weighted by atomic mass is 10.4. The van der Waals surface area contributed by atoms with Gasteiger partial charge in [0, 0.05) is 7.11 Å². The normalized spacial score (nSPS) is 13.9. The van der Waals surface area contributed by atoms with Crippen LogP contribution in [0.5, 0.6) is 0 Å². The largest absolute Gasteiger partial charge is 0.463 e. The zero-order chi connectivity index (χ0) is 10.5. The van der Waals surface area contributed by atoms with Gasteiger partial charge in [-0.25, -0.2) is 0 Å². The summed E-state index contributed by atoms with van der Waals surface area (Å²) in [6, 6.07) is 0. The molecule has 0 rings (SSSR count). The summed E-state index contributed by atoms with van der Waals surface area (Å²) in [5, 5.41) is 0. The Hall–Kier alpha value is -0.780. The summed E-state index contributed by atoms with van der Waals surface area (Å²) < 4.78 is 43.7. The van der Waals surface area contributed by atoms with Crippen LogP contribution in [0.2, 0.25) is 0 Å². The lowest BCUT2D eigenvalue weighted by Gasteiger charge is -2.10. The van der Waals surface area contributed by atoms with E-state index in [9.17, 15) is 18.0 Å². The van der Waals surface area contributed by atoms with Crippen molar-refractivity contribution in [1.82, 2.24) is 0 Å². The average molecular weight is 200 g/mol. The Labute approximate surface area is 73.8 Å². The molecule has 0 saturated carbocycles. The molecule has 0 spiro atoms. The molecule has 0 aromatic carbocycles. The highest BCUT2D eigenvalue weighted by atomic mass is 19.4. The van der Waals surface area contributed by atoms with E-state index in [0.29, 0.717) is 0 Å². The monoisotopic (exact) mass is 200 g/mol. The number of rotatable bonds is 4. The van der Waals surface area contributed by atoms with Crippen LogP contribution in [0.15, 0.2) is 0 Å². The van der Waals surface area contributed by atoms with Crippen LogP contribution in [-0.4, -0.2) is 32.0 Å². The molecule has 0 aliphatic rings. The molecule has 0 heterocycles. The number of carbonyl (C=O) groups is 1. The fourth-order valence-corrected chi connectivity index (χ4v) is 0.493. The first kappa shape index (κ1) is 12.2. The maximum atomic E-state index is 11.6. The van der Waals surface area contributed by atoms with Gasteiger partial charge in [-0.2, -0.15) is 13.2 Å². The van der Waals surface area contributed by atoms with Gasteiger partial charge in [0.15, 0.2) is 0 Å². The molecule has 0 aliphatic heterocycles. The third kappa shape index (κ3) is 7.58. The highest BCUT2D eigenvalue weighted by Crippen LogP contribution is 2.19. The summed E-state index contributed by atoms with van der Waals surface area (Å²) in [4.78, 5) is 10.5. The van der Waals surface area contributed by atoms with Gasteiger partial charge in [-0.15, -0.1) is 0 Å². The lowest BCUT2D eigenvalue weighted by molar-refractivity contribution is -0.173. The number of hydrogen-bond donors (Lipinski definition) is 0. The van der Waals surface area contributed by atoms with E-state index < -0.39 is 24.7 Å². The van der Waals surface area contributed by atoms with Crippen molar-refractivity contribution in [1.29, 1.82) is 0 Å². The van der Waals surface area contributed by atoms with Crippen LogP contribution in [0, 0.1) is 0 Å². The Bertz CT molecular complexity index is 167. The van der Waals surface area contributed by atoms with E-state index in [1.54, 1.807) is 6.92 Å². The van der Waals surface area contributed by atoms with Crippen molar-refractivity contribution < 1.29 is 27.4 Å². The van der Waals surface area contributed by atoms with E-state index in [2.05, 4.69) is 9.47 Å². The van der Waals surface area contributed by atoms with E-state index in [4.69, 9.17) is 0 Å². The molecular formula is C7H11F3O3. The second kappa shape index (κ2) is 5.06. The minimum atomic E-state index is -4.51. The molecule has 6 heteroatoms. The molecular weight excluding hydrogens is 189 g/mol. The van der Waals surface area contributed by atoms with E-state index in [0.717, 1.165) is 0 Å². The molecule has 1 unspecified atom stereocenters. The van der Waals surface area contributed by atoms with Crippen molar-refractivity contribution in [2.45, 2.75) is 25.6 Å². The maximum Gasteiger partial charge on any atom is 0.399 e. The molecule has 0 amide bonds. The van der Waals surface area contributed by atoms with E-state index in [1.165, 1.54) is 7.11 Å². The Morgan fingerprint density at radius 1 is 1.46 bits per heavy atom. The van der Waals surface area contributed by atoms with Gasteiger partial charge in [0.1, 0.15) is 13.0 Å². The van der Waals surface area contributed by atoms with Crippen LogP contribution >= 0.6 is 0 Å². The first-order chi connectivity index (χ1) is 5.85. The molecule has 0 radical (unpaired) electrons. The lowest BCUT2D eigenvalue weighted by Crippen LogP contribution is -2.22. The second-order valence-electron chi connectivity index (χ2n) is 2.52. The van der Waals surface area contributed by atoms with Gasteiger partial charge in [0.2, 0.25) is 0 Å². The van der Waals surface area contributed by atoms with Crippen molar-refractivity contribution in [3.8, 4) is 0 Å². The topological polar surface area (TPSA) is 35.5 Å². The molecule has 0 N–H and O–H groups in total. The zero-order valence-corrected chi connectivity index (χ0v) is 7.35. The zero-order valence-electron chi connectivity index (χ0n) is 7.35. The average Bonchev–Trinajstić information content (AvgIpc) is 1.97. The van der Waals surface area contributed by atoms with Crippen LogP contribution < -0.4 is 0 Å². The van der Waals surface area contributed by atoms with Gasteiger partial charge in [0.05, 0.1) is 6.10 Å². The van der Waals surface area contributed by atoms with Crippen LogP contribution in [0.25, 0.3) is 0 Å². The number of alkyl halides is 3. The first-order valence-electron chi connectivity index (χ1n) is 3.60. The molecule has 0 aliphatic carbocycles. The molecule has 0 aromatic heterocycles. The molecule has 13 heavy (non-hydrogen) atoms. The Morgan fingerprint density at radius 2 is 2.00 bits per heavy atom. The van der Waals surface area contributed by atoms with Gasteiger partial charge in [-0.05, 0) is 6.92 Å². The van der Waals surface area contributed by atoms with Crippen LogP contribution in [0.3, 0.4) is 0 Å². The predicted molar refractivity (Wildman–Crippen MR) is 38.1 cm³/mol. The highest BCUT2D eigenvalue weighted by molar-refractivity contribution is 5.70. The van der Waals surface area contributed by atoms with Crippen LogP contribution in [0.1, 0.15) is 13.3 Å². The standard InChI is InChI=1S/C7H11F3O3/c1-5(12-2)4-13-6(11)3-7(8,9)10/h5H,3-4H2,1-2H3. The molecule has 78 valence electrons. The maximum absolute atomic E-state index is 11.6. The fraction of sp³-hybridized carbons (Fsp3) is 0.857. The van der Waals surface area contributed by atoms with Gasteiger partial charge < -0.3 is 9.47 Å². The summed E-state index contributed by atoms with van der Waals surface area (Å²) >= 11 is 0. The number of hydrogen-bond acceptors (Lipinski definition) is 3. The second-order valence-corrected chi connectivity index (χ2v) is 2.52. The molecule has 0 bridgehead atoms. The third-order valence-electron chi connectivity index (χ3n) is 1.23. The number of ether oxygens (including phenoxy) is 2. The number of halogens is 3. The molecule has 1 atom stereocenters. The Morgan fingerprint density at radius 3 is 2.38 bits per heavy atom. The van der Waals surface area contributed by atoms with Crippen LogP contribution in [0.4, 0.5) is 13.2 Å². The predicted octanol–water partition coefficient (Wildman–Crippen LogP) is 1.52. The Kier molecular flexibility index (Phi) is 4.76. The quantitative estimate of drug-likeness (QED) is 0.645. The van der Waals surface area contributed by atoms with E-state index in [-0.39, 0.29) is 6.61 Å². The van der Waals surface area contributed by atoms with Crippen LogP contribution in [-0.2, 0) is 14.3 Å². The minimum absolute atomic E-state index is 0.161. The number of carbonyl (C=O) groups excluding carboxylic acids is 1. The summed E-state index contributed by atoms with van der Waals surface area (Å²) in [5.74, 6) is -1.28. The third-order valence-corrected chi connectivity index (χ3v) is 1.23. The van der Waals surface area contributed by atoms with E-state index >= 15 is 0 Å². The SMILES string of the molecule is COC(C)COC(=O)CC(F)(F)F. The highest BCUT2D eigenvalue weighted by Gasteiger charge is 2.32. The minimum Gasteiger partial charge on any atom is -0.463 e.